The van der Waals surface area contributed by atoms with Crippen LogP contribution in [0.15, 0.2) is 43.0 Å². The number of carbonyl (C=O) groups is 1. The van der Waals surface area contributed by atoms with Crippen molar-refractivity contribution in [2.24, 2.45) is 0 Å². The van der Waals surface area contributed by atoms with Gasteiger partial charge in [0.25, 0.3) is 7.52 Å². The molecule has 0 aliphatic heterocycles. The van der Waals surface area contributed by atoms with Gasteiger partial charge in [0.05, 0.1) is 19.0 Å². The van der Waals surface area contributed by atoms with Crippen LogP contribution in [-0.4, -0.2) is 48.9 Å². The number of nitrogen functional groups attached to an aromatic ring is 1. The third kappa shape index (κ3) is 6.31. The summed E-state index contributed by atoms with van der Waals surface area (Å²) in [4.78, 5) is 34.5. The highest BCUT2D eigenvalue weighted by Gasteiger charge is 2.27. The number of benzene rings is 1. The van der Waals surface area contributed by atoms with Gasteiger partial charge in [-0.25, -0.2) is 20.0 Å². The van der Waals surface area contributed by atoms with E-state index in [0.717, 1.165) is 5.56 Å². The van der Waals surface area contributed by atoms with Crippen molar-refractivity contribution in [3.05, 3.63) is 48.5 Å². The Kier molecular flexibility index (Phi) is 7.34. The van der Waals surface area contributed by atoms with Crippen molar-refractivity contribution < 1.29 is 23.7 Å². The van der Waals surface area contributed by atoms with Gasteiger partial charge in [0.1, 0.15) is 30.8 Å². The molecule has 3 rings (SSSR count). The third-order valence-corrected chi connectivity index (χ3v) is 5.68. The monoisotopic (exact) mass is 448 g/mol. The number of fused-ring (bicyclic) bond motifs is 1. The largest absolute Gasteiger partial charge is 0.460 e. The molecule has 0 aliphatic rings. The van der Waals surface area contributed by atoms with Gasteiger partial charge in [-0.15, -0.1) is 0 Å². The summed E-state index contributed by atoms with van der Waals surface area (Å²) >= 11 is 0. The topological polar surface area (TPSA) is 154 Å². The van der Waals surface area contributed by atoms with Crippen molar-refractivity contribution in [3.63, 3.8) is 0 Å². The molecule has 0 bridgehead atoms. The Morgan fingerprint density at radius 3 is 2.74 bits per heavy atom. The molecule has 166 valence electrons. The van der Waals surface area contributed by atoms with Gasteiger partial charge in [0, 0.05) is 0 Å². The minimum atomic E-state index is -3.94. The molecule has 4 N–H and O–H groups in total. The van der Waals surface area contributed by atoms with E-state index >= 15 is 0 Å². The zero-order chi connectivity index (χ0) is 22.4. The highest BCUT2D eigenvalue weighted by molar-refractivity contribution is 7.55. The molecular formula is C19H25N6O5P. The maximum absolute atomic E-state index is 12.4. The van der Waals surface area contributed by atoms with Crippen LogP contribution in [0.1, 0.15) is 19.4 Å². The fourth-order valence-electron chi connectivity index (χ4n) is 2.84. The van der Waals surface area contributed by atoms with Gasteiger partial charge in [-0.1, -0.05) is 30.3 Å². The maximum Gasteiger partial charge on any atom is 0.323 e. The lowest BCUT2D eigenvalue weighted by atomic mass is 10.2. The molecule has 3 aromatic rings. The number of hydrogen-bond donors (Lipinski definition) is 3. The summed E-state index contributed by atoms with van der Waals surface area (Å²) in [5.74, 6) is -0.358. The Bertz CT molecular complexity index is 1080. The van der Waals surface area contributed by atoms with Gasteiger partial charge in [0.2, 0.25) is 0 Å². The SMILES string of the molecule is C[C@H](Cn1cnc2c(N)ncnc21)OCP(=O)(O)N[C@@H](C)C(=O)OCc1ccccc1. The number of rotatable bonds is 10. The van der Waals surface area contributed by atoms with Crippen molar-refractivity contribution in [2.45, 2.75) is 39.1 Å². The van der Waals surface area contributed by atoms with E-state index in [1.165, 1.54) is 13.3 Å². The van der Waals surface area contributed by atoms with Crippen LogP contribution in [0.25, 0.3) is 11.2 Å². The molecule has 0 saturated heterocycles. The molecule has 1 unspecified atom stereocenters. The third-order valence-electron chi connectivity index (χ3n) is 4.39. The van der Waals surface area contributed by atoms with Gasteiger partial charge in [-0.05, 0) is 19.4 Å². The van der Waals surface area contributed by atoms with Gasteiger partial charge in [-0.3, -0.25) is 9.36 Å². The average Bonchev–Trinajstić information content (AvgIpc) is 3.15. The lowest BCUT2D eigenvalue weighted by molar-refractivity contribution is -0.146. The molecule has 0 saturated carbocycles. The molecule has 3 atom stereocenters. The van der Waals surface area contributed by atoms with E-state index in [-0.39, 0.29) is 12.4 Å². The Balaban J connectivity index is 1.47. The number of nitrogens with zero attached hydrogens (tertiary/aromatic N) is 4. The van der Waals surface area contributed by atoms with E-state index in [9.17, 15) is 14.3 Å². The Morgan fingerprint density at radius 1 is 1.26 bits per heavy atom. The molecular weight excluding hydrogens is 423 g/mol. The predicted molar refractivity (Wildman–Crippen MR) is 114 cm³/mol. The second-order valence-corrected chi connectivity index (χ2v) is 9.00. The number of aromatic nitrogens is 4. The van der Waals surface area contributed by atoms with E-state index in [4.69, 9.17) is 15.2 Å². The van der Waals surface area contributed by atoms with Crippen LogP contribution in [0, 0.1) is 0 Å². The summed E-state index contributed by atoms with van der Waals surface area (Å²) in [6.45, 7) is 3.62. The summed E-state index contributed by atoms with van der Waals surface area (Å²) < 4.78 is 24.8. The molecule has 2 heterocycles. The van der Waals surface area contributed by atoms with Gasteiger partial charge in [-0.2, -0.15) is 0 Å². The van der Waals surface area contributed by atoms with Crippen molar-refractivity contribution in [1.82, 2.24) is 24.6 Å². The summed E-state index contributed by atoms with van der Waals surface area (Å²) in [5, 5.41) is 2.40. The van der Waals surface area contributed by atoms with E-state index in [1.54, 1.807) is 17.8 Å². The first-order valence-electron chi connectivity index (χ1n) is 9.58. The van der Waals surface area contributed by atoms with Crippen LogP contribution in [-0.2, 0) is 32.0 Å². The summed E-state index contributed by atoms with van der Waals surface area (Å²) in [6, 6.07) is 8.19. The number of esters is 1. The maximum atomic E-state index is 12.4. The molecule has 31 heavy (non-hydrogen) atoms. The molecule has 1 aromatic carbocycles. The molecule has 2 aromatic heterocycles. The number of anilines is 1. The quantitative estimate of drug-likeness (QED) is 0.308. The highest BCUT2D eigenvalue weighted by atomic mass is 31.2. The first kappa shape index (κ1) is 22.8. The van der Waals surface area contributed by atoms with E-state index in [0.29, 0.717) is 17.7 Å². The van der Waals surface area contributed by atoms with Gasteiger partial charge >= 0.3 is 5.97 Å². The zero-order valence-corrected chi connectivity index (χ0v) is 18.1. The van der Waals surface area contributed by atoms with Crippen LogP contribution in [0.4, 0.5) is 5.82 Å². The van der Waals surface area contributed by atoms with Crippen molar-refractivity contribution in [3.8, 4) is 0 Å². The average molecular weight is 448 g/mol. The fourth-order valence-corrected chi connectivity index (χ4v) is 4.08. The van der Waals surface area contributed by atoms with E-state index in [1.807, 2.05) is 30.3 Å². The number of ether oxygens (including phenoxy) is 2. The Morgan fingerprint density at radius 2 is 2.00 bits per heavy atom. The normalized spacial score (nSPS) is 15.3. The Hall–Kier alpha value is -2.85. The molecule has 0 radical (unpaired) electrons. The van der Waals surface area contributed by atoms with Crippen molar-refractivity contribution >= 4 is 30.5 Å². The van der Waals surface area contributed by atoms with E-state index in [2.05, 4.69) is 20.0 Å². The minimum Gasteiger partial charge on any atom is -0.460 e. The lowest BCUT2D eigenvalue weighted by Crippen LogP contribution is -2.34. The van der Waals surface area contributed by atoms with Crippen LogP contribution in [0.5, 0.6) is 0 Å². The van der Waals surface area contributed by atoms with Crippen LogP contribution >= 0.6 is 7.52 Å². The van der Waals surface area contributed by atoms with Crippen LogP contribution in [0.2, 0.25) is 0 Å². The van der Waals surface area contributed by atoms with Crippen molar-refractivity contribution in [1.29, 1.82) is 0 Å². The molecule has 12 heteroatoms. The lowest BCUT2D eigenvalue weighted by Gasteiger charge is -2.20. The first-order chi connectivity index (χ1) is 14.7. The summed E-state index contributed by atoms with van der Waals surface area (Å²) in [5.41, 5.74) is 7.62. The second kappa shape index (κ2) is 9.97. The standard InChI is InChI=1S/C19H25N6O5P/c1-13(8-25-11-23-16-17(20)21-10-22-18(16)25)30-12-31(27,28)24-14(2)19(26)29-9-15-6-4-3-5-7-15/h3-7,10-11,13-14H,8-9,12H2,1-2H3,(H2,20,21,22)(H2,24,27,28)/t13-,14+/m1/s1. The van der Waals surface area contributed by atoms with Crippen LogP contribution in [0.3, 0.4) is 0 Å². The molecule has 0 fully saturated rings. The summed E-state index contributed by atoms with van der Waals surface area (Å²) in [7, 11) is -3.94. The molecule has 0 spiro atoms. The fraction of sp³-hybridized carbons (Fsp3) is 0.368. The molecule has 11 nitrogen and oxygen atoms in total. The number of carbonyl (C=O) groups excluding carboxylic acids is 1. The van der Waals surface area contributed by atoms with Gasteiger partial charge in [0.15, 0.2) is 11.5 Å². The number of imidazole rings is 1. The minimum absolute atomic E-state index is 0.0852. The number of nitrogens with one attached hydrogen (secondary N) is 1. The van der Waals surface area contributed by atoms with E-state index < -0.39 is 32.0 Å². The first-order valence-corrected chi connectivity index (χ1v) is 11.4. The molecule has 0 amide bonds. The predicted octanol–water partition coefficient (Wildman–Crippen LogP) is 1.68. The molecule has 0 aliphatic carbocycles. The second-order valence-electron chi connectivity index (χ2n) is 7.08. The highest BCUT2D eigenvalue weighted by Crippen LogP contribution is 2.36. The van der Waals surface area contributed by atoms with Gasteiger partial charge < -0.3 is 24.7 Å². The van der Waals surface area contributed by atoms with Crippen molar-refractivity contribution in [2.75, 3.05) is 12.1 Å². The number of hydrogen-bond acceptors (Lipinski definition) is 8. The summed E-state index contributed by atoms with van der Waals surface area (Å²) in [6.07, 6.45) is 1.98. The zero-order valence-electron chi connectivity index (χ0n) is 17.2. The Labute approximate surface area is 179 Å². The smallest absolute Gasteiger partial charge is 0.323 e. The van der Waals surface area contributed by atoms with Crippen LogP contribution < -0.4 is 10.8 Å². The number of nitrogens with two attached hydrogens (primary N) is 1.